The Hall–Kier alpha value is -1.33. The Bertz CT molecular complexity index is 449. The fourth-order valence-electron chi connectivity index (χ4n) is 2.63. The Morgan fingerprint density at radius 2 is 1.68 bits per heavy atom. The van der Waals surface area contributed by atoms with Crippen molar-refractivity contribution in [1.29, 1.82) is 0 Å². The zero-order valence-corrected chi connectivity index (χ0v) is 11.5. The van der Waals surface area contributed by atoms with Crippen LogP contribution in [0.4, 0.5) is 19.0 Å². The molecule has 0 amide bonds. The van der Waals surface area contributed by atoms with Crippen LogP contribution in [-0.4, -0.2) is 16.7 Å². The van der Waals surface area contributed by atoms with Crippen LogP contribution < -0.4 is 5.32 Å². The van der Waals surface area contributed by atoms with Crippen molar-refractivity contribution in [3.63, 3.8) is 0 Å². The number of nitrogens with zero attached hydrogens (tertiary/aromatic N) is 2. The minimum atomic E-state index is -4.44. The van der Waals surface area contributed by atoms with Crippen LogP contribution in [0.5, 0.6) is 0 Å². The molecule has 0 spiro atoms. The highest BCUT2D eigenvalue weighted by Gasteiger charge is 2.64. The number of nitrogens with one attached hydrogen (secondary N) is 1. The van der Waals surface area contributed by atoms with Crippen LogP contribution in [0.3, 0.4) is 0 Å². The Morgan fingerprint density at radius 3 is 2.05 bits per heavy atom. The molecule has 2 rings (SSSR count). The number of anilines is 1. The van der Waals surface area contributed by atoms with Gasteiger partial charge < -0.3 is 5.32 Å². The zero-order chi connectivity index (χ0) is 14.5. The van der Waals surface area contributed by atoms with Gasteiger partial charge in [0.25, 0.3) is 0 Å². The largest absolute Gasteiger partial charge is 0.435 e. The van der Waals surface area contributed by atoms with Crippen molar-refractivity contribution < 1.29 is 13.2 Å². The molecule has 1 fully saturated rings. The lowest BCUT2D eigenvalue weighted by Crippen LogP contribution is -2.13. The van der Waals surface area contributed by atoms with Crippen LogP contribution in [0.25, 0.3) is 0 Å². The second kappa shape index (κ2) is 4.08. The molecule has 0 bridgehead atoms. The maximum Gasteiger partial charge on any atom is 0.435 e. The third kappa shape index (κ3) is 2.40. The fraction of sp³-hybridized carbons (Fsp3) is 0.692. The smallest absolute Gasteiger partial charge is 0.368 e. The van der Waals surface area contributed by atoms with Crippen molar-refractivity contribution in [2.24, 2.45) is 16.7 Å². The highest BCUT2D eigenvalue weighted by Crippen LogP contribution is 2.68. The van der Waals surface area contributed by atoms with E-state index in [1.54, 1.807) is 0 Å². The van der Waals surface area contributed by atoms with Gasteiger partial charge in [-0.2, -0.15) is 13.2 Å². The summed E-state index contributed by atoms with van der Waals surface area (Å²) in [6.07, 6.45) is -4.44. The number of rotatable bonds is 3. The summed E-state index contributed by atoms with van der Waals surface area (Å²) in [5.41, 5.74) is -0.497. The van der Waals surface area contributed by atoms with Gasteiger partial charge in [0.1, 0.15) is 5.82 Å². The summed E-state index contributed by atoms with van der Waals surface area (Å²) in [4.78, 5) is 0. The van der Waals surface area contributed by atoms with Gasteiger partial charge >= 0.3 is 6.18 Å². The van der Waals surface area contributed by atoms with E-state index in [1.165, 1.54) is 6.07 Å². The summed E-state index contributed by atoms with van der Waals surface area (Å²) in [5.74, 6) is 0.857. The van der Waals surface area contributed by atoms with Gasteiger partial charge in [-0.3, -0.25) is 0 Å². The molecule has 1 aromatic heterocycles. The third-order valence-electron chi connectivity index (χ3n) is 4.76. The van der Waals surface area contributed by atoms with Gasteiger partial charge in [0.2, 0.25) is 0 Å². The Balaban J connectivity index is 1.95. The van der Waals surface area contributed by atoms with Crippen LogP contribution in [0.15, 0.2) is 12.1 Å². The van der Waals surface area contributed by atoms with Crippen molar-refractivity contribution >= 4 is 5.82 Å². The standard InChI is InChI=1S/C13H18F3N3/c1-11(2)8(12(11,3)4)7-17-10-6-5-9(18-19-10)13(14,15)16/h5-6,8H,7H2,1-4H3,(H,17,19). The lowest BCUT2D eigenvalue weighted by atomic mass is 10.0. The molecule has 0 atom stereocenters. The summed E-state index contributed by atoms with van der Waals surface area (Å²) in [7, 11) is 0. The van der Waals surface area contributed by atoms with E-state index in [-0.39, 0.29) is 10.8 Å². The van der Waals surface area contributed by atoms with Crippen molar-refractivity contribution in [1.82, 2.24) is 10.2 Å². The Morgan fingerprint density at radius 1 is 1.11 bits per heavy atom. The summed E-state index contributed by atoms with van der Waals surface area (Å²) in [5, 5.41) is 9.80. The van der Waals surface area contributed by atoms with Crippen molar-refractivity contribution in [3.8, 4) is 0 Å². The number of alkyl halides is 3. The molecule has 1 aliphatic rings. The number of hydrogen-bond donors (Lipinski definition) is 1. The first-order chi connectivity index (χ1) is 8.57. The van der Waals surface area contributed by atoms with Crippen molar-refractivity contribution in [3.05, 3.63) is 17.8 Å². The quantitative estimate of drug-likeness (QED) is 0.914. The molecule has 1 aliphatic carbocycles. The van der Waals surface area contributed by atoms with E-state index >= 15 is 0 Å². The SMILES string of the molecule is CC1(C)C(CNc2ccc(C(F)(F)F)nn2)C1(C)C. The highest BCUT2D eigenvalue weighted by molar-refractivity contribution is 5.34. The van der Waals surface area contributed by atoms with E-state index < -0.39 is 11.9 Å². The first-order valence-corrected chi connectivity index (χ1v) is 6.21. The molecule has 1 heterocycles. The van der Waals surface area contributed by atoms with Gasteiger partial charge in [0.15, 0.2) is 5.69 Å². The molecule has 0 aromatic carbocycles. The molecular weight excluding hydrogens is 255 g/mol. The number of halogens is 3. The van der Waals surface area contributed by atoms with E-state index in [4.69, 9.17) is 0 Å². The lowest BCUT2D eigenvalue weighted by Gasteiger charge is -2.08. The molecular formula is C13H18F3N3. The van der Waals surface area contributed by atoms with Gasteiger partial charge in [-0.05, 0) is 28.9 Å². The summed E-state index contributed by atoms with van der Waals surface area (Å²) >= 11 is 0. The fourth-order valence-corrected chi connectivity index (χ4v) is 2.63. The summed E-state index contributed by atoms with van der Waals surface area (Å²) in [6.45, 7) is 9.46. The second-order valence-corrected chi connectivity index (χ2v) is 6.18. The van der Waals surface area contributed by atoms with Crippen LogP contribution >= 0.6 is 0 Å². The lowest BCUT2D eigenvalue weighted by molar-refractivity contribution is -0.141. The first-order valence-electron chi connectivity index (χ1n) is 6.21. The third-order valence-corrected chi connectivity index (χ3v) is 4.76. The molecule has 0 aliphatic heterocycles. The highest BCUT2D eigenvalue weighted by atomic mass is 19.4. The number of aromatic nitrogens is 2. The van der Waals surface area contributed by atoms with E-state index in [2.05, 4.69) is 43.2 Å². The second-order valence-electron chi connectivity index (χ2n) is 6.18. The zero-order valence-electron chi connectivity index (χ0n) is 11.5. The molecule has 1 N–H and O–H groups in total. The molecule has 0 radical (unpaired) electrons. The van der Waals surface area contributed by atoms with Gasteiger partial charge in [-0.1, -0.05) is 27.7 Å². The average molecular weight is 273 g/mol. The van der Waals surface area contributed by atoms with Gasteiger partial charge in [-0.25, -0.2) is 0 Å². The normalized spacial score (nSPS) is 21.2. The Kier molecular flexibility index (Phi) is 3.03. The molecule has 1 aromatic rings. The van der Waals surface area contributed by atoms with E-state index in [1.807, 2.05) is 0 Å². The topological polar surface area (TPSA) is 37.8 Å². The predicted octanol–water partition coefficient (Wildman–Crippen LogP) is 3.59. The predicted molar refractivity (Wildman–Crippen MR) is 66.6 cm³/mol. The molecule has 3 nitrogen and oxygen atoms in total. The van der Waals surface area contributed by atoms with E-state index in [0.29, 0.717) is 18.3 Å². The molecule has 0 unspecified atom stereocenters. The van der Waals surface area contributed by atoms with Crippen molar-refractivity contribution in [2.45, 2.75) is 33.9 Å². The molecule has 106 valence electrons. The average Bonchev–Trinajstić information content (AvgIpc) is 2.66. The first kappa shape index (κ1) is 14.1. The Labute approximate surface area is 110 Å². The molecule has 0 saturated heterocycles. The van der Waals surface area contributed by atoms with Crippen molar-refractivity contribution in [2.75, 3.05) is 11.9 Å². The van der Waals surface area contributed by atoms with Crippen LogP contribution in [0, 0.1) is 16.7 Å². The van der Waals surface area contributed by atoms with Crippen LogP contribution in [0.1, 0.15) is 33.4 Å². The van der Waals surface area contributed by atoms with Gasteiger partial charge in [0, 0.05) is 6.54 Å². The minimum Gasteiger partial charge on any atom is -0.368 e. The van der Waals surface area contributed by atoms with Crippen LogP contribution in [-0.2, 0) is 6.18 Å². The summed E-state index contributed by atoms with van der Waals surface area (Å²) in [6, 6.07) is 2.26. The minimum absolute atomic E-state index is 0.235. The molecule has 1 saturated carbocycles. The monoisotopic (exact) mass is 273 g/mol. The number of hydrogen-bond acceptors (Lipinski definition) is 3. The van der Waals surface area contributed by atoms with Gasteiger partial charge in [0.05, 0.1) is 0 Å². The molecule has 19 heavy (non-hydrogen) atoms. The van der Waals surface area contributed by atoms with Crippen LogP contribution in [0.2, 0.25) is 0 Å². The maximum absolute atomic E-state index is 12.3. The molecule has 6 heteroatoms. The maximum atomic E-state index is 12.3. The van der Waals surface area contributed by atoms with Gasteiger partial charge in [-0.15, -0.1) is 10.2 Å². The summed E-state index contributed by atoms with van der Waals surface area (Å²) < 4.78 is 37.0. The van der Waals surface area contributed by atoms with E-state index in [9.17, 15) is 13.2 Å². The van der Waals surface area contributed by atoms with E-state index in [0.717, 1.165) is 6.07 Å².